The van der Waals surface area contributed by atoms with Crippen LogP contribution >= 0.6 is 0 Å². The third-order valence-corrected chi connectivity index (χ3v) is 9.94. The van der Waals surface area contributed by atoms with Crippen molar-refractivity contribution < 1.29 is 47.6 Å². The van der Waals surface area contributed by atoms with E-state index in [9.17, 15) is 9.59 Å². The number of methoxy groups -OCH3 is 6. The standard InChI is InChI=1S/C33H40N2O9/c1-38-19-7-8-20-21-9-10-35-16-18-13-27(44-32(36)17-11-25(39-2)30(41-4)26(12-17)40-3)31(42-5)28(33(37)43-6)22(18)15-24(35)29(21)34-23(20)14-19/h7-8,11-12,14,18,22,24,27-28,31,34H,9-10,13,15-16H2,1-6H3/p+1/t18-,22+,24-,27+,28+,31+/m1/s1. The highest BCUT2D eigenvalue weighted by Gasteiger charge is 2.56. The van der Waals surface area contributed by atoms with Crippen LogP contribution in [0.4, 0.5) is 0 Å². The molecule has 3 heterocycles. The molecule has 2 N–H and O–H groups in total. The number of quaternary nitrogens is 1. The summed E-state index contributed by atoms with van der Waals surface area (Å²) >= 11 is 0. The van der Waals surface area contributed by atoms with Crippen LogP contribution in [-0.2, 0) is 25.4 Å². The SMILES string of the molecule is COC(=O)[C@H]1[C@H]2C[C@@H]3c4[nH]c5cc(OC)ccc5c4CC[NH+]3C[C@H]2C[C@H](OC(=O)c2cc(OC)c(OC)c(OC)c2)[C@@H]1OC. The molecule has 0 bridgehead atoms. The molecule has 1 aromatic heterocycles. The van der Waals surface area contributed by atoms with Crippen molar-refractivity contribution in [2.75, 3.05) is 55.7 Å². The van der Waals surface area contributed by atoms with E-state index in [0.717, 1.165) is 37.2 Å². The Labute approximate surface area is 256 Å². The van der Waals surface area contributed by atoms with E-state index in [0.29, 0.717) is 23.7 Å². The van der Waals surface area contributed by atoms with Crippen molar-refractivity contribution in [3.05, 3.63) is 47.2 Å². The number of carbonyl (C=O) groups is 2. The van der Waals surface area contributed by atoms with E-state index in [1.807, 2.05) is 12.1 Å². The van der Waals surface area contributed by atoms with Crippen LogP contribution in [0.5, 0.6) is 23.0 Å². The summed E-state index contributed by atoms with van der Waals surface area (Å²) in [5, 5.41) is 1.23. The van der Waals surface area contributed by atoms with Gasteiger partial charge >= 0.3 is 11.9 Å². The third kappa shape index (κ3) is 5.01. The van der Waals surface area contributed by atoms with Crippen molar-refractivity contribution in [1.29, 1.82) is 0 Å². The number of H-pyrrole nitrogens is 1. The van der Waals surface area contributed by atoms with E-state index >= 15 is 0 Å². The van der Waals surface area contributed by atoms with Crippen LogP contribution in [-0.4, -0.2) is 84.9 Å². The van der Waals surface area contributed by atoms with Gasteiger partial charge in [-0.25, -0.2) is 4.79 Å². The van der Waals surface area contributed by atoms with Crippen molar-refractivity contribution in [2.45, 2.75) is 37.5 Å². The number of hydrogen-bond donors (Lipinski definition) is 2. The zero-order valence-corrected chi connectivity index (χ0v) is 26.1. The fourth-order valence-corrected chi connectivity index (χ4v) is 7.96. The van der Waals surface area contributed by atoms with Crippen LogP contribution in [0.1, 0.15) is 40.5 Å². The van der Waals surface area contributed by atoms with E-state index in [1.165, 1.54) is 50.0 Å². The molecule has 7 atom stereocenters. The molecule has 1 aliphatic carbocycles. The van der Waals surface area contributed by atoms with Crippen LogP contribution in [0.3, 0.4) is 0 Å². The zero-order chi connectivity index (χ0) is 31.1. The molecule has 6 rings (SSSR count). The van der Waals surface area contributed by atoms with E-state index in [4.69, 9.17) is 33.2 Å². The fourth-order valence-electron chi connectivity index (χ4n) is 7.96. The molecule has 0 radical (unpaired) electrons. The molecule has 0 spiro atoms. The van der Waals surface area contributed by atoms with Crippen LogP contribution in [0, 0.1) is 17.8 Å². The highest BCUT2D eigenvalue weighted by molar-refractivity contribution is 5.91. The van der Waals surface area contributed by atoms with Gasteiger partial charge in [-0.15, -0.1) is 0 Å². The van der Waals surface area contributed by atoms with E-state index in [-0.39, 0.29) is 29.4 Å². The number of ether oxygens (including phenoxy) is 7. The van der Waals surface area contributed by atoms with Crippen molar-refractivity contribution >= 4 is 22.8 Å². The fraction of sp³-hybridized carbons (Fsp3) is 0.515. The summed E-state index contributed by atoms with van der Waals surface area (Å²) < 4.78 is 39.1. The van der Waals surface area contributed by atoms with Crippen molar-refractivity contribution in [2.24, 2.45) is 17.8 Å². The highest BCUT2D eigenvalue weighted by Crippen LogP contribution is 2.46. The Balaban J connectivity index is 1.29. The molecule has 2 aromatic carbocycles. The van der Waals surface area contributed by atoms with Gasteiger partial charge in [0, 0.05) is 42.8 Å². The summed E-state index contributed by atoms with van der Waals surface area (Å²) in [7, 11) is 9.12. The lowest BCUT2D eigenvalue weighted by Crippen LogP contribution is -3.15. The van der Waals surface area contributed by atoms with Crippen molar-refractivity contribution in [3.63, 3.8) is 0 Å². The quantitative estimate of drug-likeness (QED) is 0.372. The zero-order valence-electron chi connectivity index (χ0n) is 26.1. The Bertz CT molecular complexity index is 1530. The second kappa shape index (κ2) is 12.2. The number of nitrogens with one attached hydrogen (secondary N) is 2. The molecule has 44 heavy (non-hydrogen) atoms. The first kappa shape index (κ1) is 30.1. The molecule has 2 aliphatic heterocycles. The highest BCUT2D eigenvalue weighted by atomic mass is 16.6. The number of aromatic amines is 1. The molecule has 1 saturated heterocycles. The van der Waals surface area contributed by atoms with Gasteiger partial charge in [-0.1, -0.05) is 0 Å². The average Bonchev–Trinajstić information content (AvgIpc) is 3.43. The smallest absolute Gasteiger partial charge is 0.338 e. The Morgan fingerprint density at radius 3 is 2.30 bits per heavy atom. The minimum Gasteiger partial charge on any atom is -0.497 e. The number of esters is 2. The van der Waals surface area contributed by atoms with Gasteiger partial charge < -0.3 is 43.0 Å². The van der Waals surface area contributed by atoms with Crippen LogP contribution in [0.2, 0.25) is 0 Å². The maximum absolute atomic E-state index is 13.5. The minimum atomic E-state index is -0.661. The van der Waals surface area contributed by atoms with Gasteiger partial charge in [0.15, 0.2) is 11.5 Å². The van der Waals surface area contributed by atoms with E-state index in [2.05, 4.69) is 11.1 Å². The number of rotatable bonds is 8. The third-order valence-electron chi connectivity index (χ3n) is 9.94. The number of carbonyl (C=O) groups excluding carboxylic acids is 2. The molecule has 3 aliphatic rings. The van der Waals surface area contributed by atoms with Crippen molar-refractivity contribution in [3.8, 4) is 23.0 Å². The Morgan fingerprint density at radius 2 is 1.66 bits per heavy atom. The van der Waals surface area contributed by atoms with Crippen LogP contribution in [0.25, 0.3) is 10.9 Å². The Kier molecular flexibility index (Phi) is 8.34. The molecule has 2 fully saturated rings. The summed E-state index contributed by atoms with van der Waals surface area (Å²) in [5.74, 6) is 0.544. The number of hydrogen-bond acceptors (Lipinski definition) is 9. The summed E-state index contributed by atoms with van der Waals surface area (Å²) in [6.07, 6.45) is 1.04. The Morgan fingerprint density at radius 1 is 0.909 bits per heavy atom. The van der Waals surface area contributed by atoms with Gasteiger partial charge in [-0.3, -0.25) is 4.79 Å². The van der Waals surface area contributed by atoms with E-state index < -0.39 is 24.1 Å². The Hall–Kier alpha value is -3.96. The van der Waals surface area contributed by atoms with E-state index in [1.54, 1.807) is 26.4 Å². The second-order valence-corrected chi connectivity index (χ2v) is 11.8. The van der Waals surface area contributed by atoms with Gasteiger partial charge in [0.05, 0.1) is 65.8 Å². The maximum Gasteiger partial charge on any atom is 0.338 e. The lowest BCUT2D eigenvalue weighted by Gasteiger charge is -2.50. The monoisotopic (exact) mass is 609 g/mol. The molecular weight excluding hydrogens is 568 g/mol. The van der Waals surface area contributed by atoms with Gasteiger partial charge in [0.2, 0.25) is 5.75 Å². The molecule has 1 saturated carbocycles. The average molecular weight is 610 g/mol. The molecule has 11 nitrogen and oxygen atoms in total. The number of piperidine rings is 1. The normalized spacial score (nSPS) is 27.4. The first-order valence-corrected chi connectivity index (χ1v) is 15.0. The number of fused-ring (bicyclic) bond motifs is 6. The van der Waals surface area contributed by atoms with Crippen molar-refractivity contribution in [1.82, 2.24) is 4.98 Å². The topological polar surface area (TPSA) is 119 Å². The molecule has 0 amide bonds. The molecule has 11 heteroatoms. The second-order valence-electron chi connectivity index (χ2n) is 11.8. The van der Waals surface area contributed by atoms with Gasteiger partial charge in [0.1, 0.15) is 24.0 Å². The molecule has 236 valence electrons. The number of aromatic nitrogens is 1. The first-order chi connectivity index (χ1) is 21.3. The predicted molar refractivity (Wildman–Crippen MR) is 160 cm³/mol. The first-order valence-electron chi connectivity index (χ1n) is 15.0. The maximum atomic E-state index is 13.5. The van der Waals surface area contributed by atoms with Crippen LogP contribution in [0.15, 0.2) is 30.3 Å². The van der Waals surface area contributed by atoms with Gasteiger partial charge in [-0.2, -0.15) is 0 Å². The number of benzene rings is 2. The summed E-state index contributed by atoms with van der Waals surface area (Å²) in [4.78, 5) is 32.2. The predicted octanol–water partition coefficient (Wildman–Crippen LogP) is 2.75. The molecular formula is C33H41N2O9+. The van der Waals surface area contributed by atoms with Gasteiger partial charge in [-0.05, 0) is 42.2 Å². The van der Waals surface area contributed by atoms with Gasteiger partial charge in [0.25, 0.3) is 0 Å². The minimum absolute atomic E-state index is 0.00387. The lowest BCUT2D eigenvalue weighted by atomic mass is 9.63. The summed E-state index contributed by atoms with van der Waals surface area (Å²) in [6, 6.07) is 9.51. The lowest BCUT2D eigenvalue weighted by molar-refractivity contribution is -0.945. The molecule has 1 unspecified atom stereocenters. The summed E-state index contributed by atoms with van der Waals surface area (Å²) in [5.41, 5.74) is 3.90. The summed E-state index contributed by atoms with van der Waals surface area (Å²) in [6.45, 7) is 1.85. The largest absolute Gasteiger partial charge is 0.497 e. The van der Waals surface area contributed by atoms with Crippen LogP contribution < -0.4 is 23.8 Å². The molecule has 3 aromatic rings.